The van der Waals surface area contributed by atoms with E-state index in [1.807, 2.05) is 0 Å². The van der Waals surface area contributed by atoms with Gasteiger partial charge in [-0.15, -0.1) is 0 Å². The maximum atomic E-state index is 11.6. The summed E-state index contributed by atoms with van der Waals surface area (Å²) in [6, 6.07) is 0. The predicted octanol–water partition coefficient (Wildman–Crippen LogP) is 0.771. The van der Waals surface area contributed by atoms with Crippen molar-refractivity contribution in [2.75, 3.05) is 19.8 Å². The zero-order chi connectivity index (χ0) is 14.7. The summed E-state index contributed by atoms with van der Waals surface area (Å²) in [7, 11) is -4.24. The molecular weight excluding hydrogens is 273 g/mol. The Bertz CT molecular complexity index is 266. The topological polar surface area (TPSA) is 122 Å². The fourth-order valence-corrected chi connectivity index (χ4v) is 2.45. The van der Waals surface area contributed by atoms with Crippen LogP contribution in [0.1, 0.15) is 39.0 Å². The van der Waals surface area contributed by atoms with Crippen molar-refractivity contribution in [1.82, 2.24) is 0 Å². The fraction of sp³-hybridized carbons (Fsp3) is 1.00. The number of phosphoric acid groups is 1. The number of nitrogens with two attached hydrogens (primary N) is 1. The quantitative estimate of drug-likeness (QED) is 0.310. The van der Waals surface area contributed by atoms with E-state index in [0.29, 0.717) is 6.42 Å². The van der Waals surface area contributed by atoms with Crippen LogP contribution >= 0.6 is 7.82 Å². The van der Waals surface area contributed by atoms with Crippen LogP contribution in [-0.4, -0.2) is 47.1 Å². The molecule has 0 fully saturated rings. The third kappa shape index (κ3) is 10.4. The summed E-state index contributed by atoms with van der Waals surface area (Å²) < 4.78 is 21.1. The lowest BCUT2D eigenvalue weighted by Gasteiger charge is -2.20. The van der Waals surface area contributed by atoms with Gasteiger partial charge in [0.15, 0.2) is 0 Å². The Morgan fingerprint density at radius 1 is 1.32 bits per heavy atom. The van der Waals surface area contributed by atoms with Crippen molar-refractivity contribution in [2.45, 2.75) is 51.2 Å². The minimum absolute atomic E-state index is 0.128. The van der Waals surface area contributed by atoms with Crippen LogP contribution in [0.25, 0.3) is 0 Å². The van der Waals surface area contributed by atoms with Crippen molar-refractivity contribution in [2.24, 2.45) is 5.73 Å². The van der Waals surface area contributed by atoms with Crippen LogP contribution in [0.15, 0.2) is 0 Å². The minimum atomic E-state index is -4.24. The van der Waals surface area contributed by atoms with Crippen LogP contribution in [0.5, 0.6) is 0 Å². The number of aliphatic hydroxyl groups excluding tert-OH is 2. The molecule has 116 valence electrons. The highest BCUT2D eigenvalue weighted by Crippen LogP contribution is 2.45. The third-order valence-electron chi connectivity index (χ3n) is 2.57. The van der Waals surface area contributed by atoms with Crippen molar-refractivity contribution in [3.8, 4) is 0 Å². The van der Waals surface area contributed by atoms with E-state index in [0.717, 1.165) is 25.7 Å². The maximum Gasteiger partial charge on any atom is 0.472 e. The molecule has 8 heteroatoms. The molecule has 0 aliphatic rings. The molecule has 0 rings (SSSR count). The van der Waals surface area contributed by atoms with Crippen molar-refractivity contribution in [3.05, 3.63) is 0 Å². The van der Waals surface area contributed by atoms with Gasteiger partial charge in [0.05, 0.1) is 19.3 Å². The lowest BCUT2D eigenvalue weighted by molar-refractivity contribution is 0.0286. The number of phosphoric ester groups is 1. The first-order valence-electron chi connectivity index (χ1n) is 6.59. The Hall–Kier alpha value is -0.0100. The highest BCUT2D eigenvalue weighted by atomic mass is 31.2. The van der Waals surface area contributed by atoms with E-state index >= 15 is 0 Å². The fourth-order valence-electron chi connectivity index (χ4n) is 1.46. The van der Waals surface area contributed by atoms with Crippen molar-refractivity contribution < 1.29 is 28.7 Å². The lowest BCUT2D eigenvalue weighted by atomic mass is 10.1. The second kappa shape index (κ2) is 10.7. The van der Waals surface area contributed by atoms with E-state index in [9.17, 15) is 9.46 Å². The van der Waals surface area contributed by atoms with Crippen LogP contribution in [0.4, 0.5) is 0 Å². The Labute approximate surface area is 114 Å². The molecule has 0 radical (unpaired) electrons. The molecule has 0 aliphatic heterocycles. The summed E-state index contributed by atoms with van der Waals surface area (Å²) in [5, 5.41) is 17.6. The van der Waals surface area contributed by atoms with Gasteiger partial charge in [0.2, 0.25) is 0 Å². The van der Waals surface area contributed by atoms with Crippen LogP contribution in [-0.2, 0) is 13.6 Å². The second-order valence-electron chi connectivity index (χ2n) is 4.41. The molecule has 0 aromatic rings. The molecule has 0 aliphatic carbocycles. The van der Waals surface area contributed by atoms with Crippen molar-refractivity contribution in [1.29, 1.82) is 0 Å². The van der Waals surface area contributed by atoms with Gasteiger partial charge in [-0.1, -0.05) is 32.6 Å². The summed E-state index contributed by atoms with van der Waals surface area (Å²) >= 11 is 0. The molecule has 0 saturated carbocycles. The van der Waals surface area contributed by atoms with Crippen LogP contribution in [0.2, 0.25) is 0 Å². The van der Waals surface area contributed by atoms with Gasteiger partial charge in [0, 0.05) is 6.54 Å². The first kappa shape index (κ1) is 19.0. The molecular formula is C11H26NO6P. The Kier molecular flexibility index (Phi) is 10.7. The van der Waals surface area contributed by atoms with Gasteiger partial charge in [0.25, 0.3) is 0 Å². The van der Waals surface area contributed by atoms with E-state index < -0.39 is 33.2 Å². The van der Waals surface area contributed by atoms with Crippen LogP contribution < -0.4 is 5.73 Å². The Morgan fingerprint density at radius 2 is 2.00 bits per heavy atom. The zero-order valence-corrected chi connectivity index (χ0v) is 12.3. The highest BCUT2D eigenvalue weighted by Gasteiger charge is 2.26. The van der Waals surface area contributed by atoms with Gasteiger partial charge < -0.3 is 20.8 Å². The van der Waals surface area contributed by atoms with E-state index in [4.69, 9.17) is 20.5 Å². The molecule has 0 spiro atoms. The molecule has 2 unspecified atom stereocenters. The van der Waals surface area contributed by atoms with Gasteiger partial charge in [-0.3, -0.25) is 9.05 Å². The smallest absolute Gasteiger partial charge is 0.394 e. The van der Waals surface area contributed by atoms with Crippen LogP contribution in [0.3, 0.4) is 0 Å². The summed E-state index contributed by atoms with van der Waals surface area (Å²) in [4.78, 5) is 9.43. The molecule has 0 aromatic carbocycles. The number of hydrogen-bond acceptors (Lipinski definition) is 6. The van der Waals surface area contributed by atoms with Gasteiger partial charge in [0.1, 0.15) is 6.10 Å². The molecule has 19 heavy (non-hydrogen) atoms. The normalized spacial score (nSPS) is 17.9. The molecule has 0 amide bonds. The highest BCUT2D eigenvalue weighted by molar-refractivity contribution is 7.47. The predicted molar refractivity (Wildman–Crippen MR) is 71.6 cm³/mol. The summed E-state index contributed by atoms with van der Waals surface area (Å²) in [5.74, 6) is 0. The average molecular weight is 299 g/mol. The van der Waals surface area contributed by atoms with Gasteiger partial charge >= 0.3 is 7.82 Å². The number of unbranched alkanes of at least 4 members (excludes halogenated alkanes) is 3. The third-order valence-corrected chi connectivity index (χ3v) is 3.61. The minimum Gasteiger partial charge on any atom is -0.394 e. The molecule has 7 nitrogen and oxygen atoms in total. The maximum absolute atomic E-state index is 11.6. The first-order chi connectivity index (χ1) is 8.95. The Balaban J connectivity index is 4.01. The number of hydrogen-bond donors (Lipinski definition) is 4. The van der Waals surface area contributed by atoms with E-state index in [2.05, 4.69) is 11.4 Å². The summed E-state index contributed by atoms with van der Waals surface area (Å²) in [6.45, 7) is 1.22. The first-order valence-corrected chi connectivity index (χ1v) is 8.09. The monoisotopic (exact) mass is 299 g/mol. The van der Waals surface area contributed by atoms with Crippen LogP contribution in [0, 0.1) is 0 Å². The second-order valence-corrected chi connectivity index (χ2v) is 5.82. The summed E-state index contributed by atoms with van der Waals surface area (Å²) in [6.07, 6.45) is 2.95. The van der Waals surface area contributed by atoms with E-state index in [1.54, 1.807) is 0 Å². The molecule has 0 heterocycles. The van der Waals surface area contributed by atoms with Gasteiger partial charge in [-0.25, -0.2) is 4.57 Å². The molecule has 5 N–H and O–H groups in total. The van der Waals surface area contributed by atoms with Gasteiger partial charge in [-0.2, -0.15) is 0 Å². The number of aliphatic hydroxyl groups is 2. The molecule has 0 bridgehead atoms. The lowest BCUT2D eigenvalue weighted by Crippen LogP contribution is -2.24. The van der Waals surface area contributed by atoms with Gasteiger partial charge in [-0.05, 0) is 6.42 Å². The SMILES string of the molecule is CCCCCCC(CN)OP(=O)(O)OC[C@H](O)CO. The van der Waals surface area contributed by atoms with Crippen molar-refractivity contribution in [3.63, 3.8) is 0 Å². The van der Waals surface area contributed by atoms with E-state index in [1.165, 1.54) is 0 Å². The molecule has 0 aromatic heterocycles. The van der Waals surface area contributed by atoms with E-state index in [-0.39, 0.29) is 6.54 Å². The number of rotatable bonds is 12. The van der Waals surface area contributed by atoms with Crippen molar-refractivity contribution >= 4 is 7.82 Å². The largest absolute Gasteiger partial charge is 0.472 e. The Morgan fingerprint density at radius 3 is 2.53 bits per heavy atom. The average Bonchev–Trinajstić information content (AvgIpc) is 2.39. The molecule has 0 saturated heterocycles. The summed E-state index contributed by atoms with van der Waals surface area (Å²) in [5.41, 5.74) is 5.47. The zero-order valence-electron chi connectivity index (χ0n) is 11.4. The molecule has 3 atom stereocenters. The standard InChI is InChI=1S/C11H26NO6P/c1-2-3-4-5-6-11(7-12)18-19(15,16)17-9-10(14)8-13/h10-11,13-14H,2-9,12H2,1H3,(H,15,16)/t10-,11?/m1/s1.